The smallest absolute Gasteiger partial charge is 0.267 e. The van der Waals surface area contributed by atoms with Gasteiger partial charge in [0.2, 0.25) is 5.91 Å². The third kappa shape index (κ3) is 4.65. The van der Waals surface area contributed by atoms with E-state index < -0.39 is 0 Å². The third-order valence-corrected chi connectivity index (χ3v) is 4.39. The van der Waals surface area contributed by atoms with Crippen molar-refractivity contribution in [1.82, 2.24) is 15.1 Å². The van der Waals surface area contributed by atoms with E-state index in [2.05, 4.69) is 10.4 Å². The zero-order valence-corrected chi connectivity index (χ0v) is 15.4. The summed E-state index contributed by atoms with van der Waals surface area (Å²) in [6.07, 6.45) is 2.00. The summed E-state index contributed by atoms with van der Waals surface area (Å²) in [7, 11) is 3.11. The van der Waals surface area contributed by atoms with Crippen LogP contribution in [0.1, 0.15) is 12.8 Å². The molecule has 144 valence electrons. The van der Waals surface area contributed by atoms with Crippen molar-refractivity contribution >= 4 is 5.91 Å². The van der Waals surface area contributed by atoms with Crippen molar-refractivity contribution in [2.24, 2.45) is 0 Å². The minimum absolute atomic E-state index is 0.0525. The lowest BCUT2D eigenvalue weighted by Gasteiger charge is -2.12. The Morgan fingerprint density at radius 3 is 2.78 bits per heavy atom. The number of aromatic nitrogens is 2. The standard InChI is InChI=1S/C19H23N3O5/c1-25-16-7-5-13(10-17(16)26-2)15-6-8-19(24)22(21-15)12-18(23)20-11-14-4-3-9-27-14/h5-8,10,14H,3-4,9,11-12H2,1-2H3,(H,20,23)/t14-/m1/s1. The molecule has 0 spiro atoms. The van der Waals surface area contributed by atoms with Crippen LogP contribution in [0.5, 0.6) is 11.5 Å². The van der Waals surface area contributed by atoms with Gasteiger partial charge in [-0.2, -0.15) is 5.10 Å². The molecule has 1 saturated heterocycles. The first-order chi connectivity index (χ1) is 13.1. The second-order valence-electron chi connectivity index (χ2n) is 6.22. The largest absolute Gasteiger partial charge is 0.493 e. The van der Waals surface area contributed by atoms with Gasteiger partial charge < -0.3 is 19.5 Å². The van der Waals surface area contributed by atoms with Crippen molar-refractivity contribution in [3.8, 4) is 22.8 Å². The van der Waals surface area contributed by atoms with E-state index in [0.717, 1.165) is 29.7 Å². The van der Waals surface area contributed by atoms with Crippen LogP contribution in [0.2, 0.25) is 0 Å². The molecular formula is C19H23N3O5. The van der Waals surface area contributed by atoms with Gasteiger partial charge in [0.25, 0.3) is 5.56 Å². The molecule has 1 fully saturated rings. The predicted molar refractivity (Wildman–Crippen MR) is 99.0 cm³/mol. The van der Waals surface area contributed by atoms with Gasteiger partial charge in [0.15, 0.2) is 11.5 Å². The molecule has 0 saturated carbocycles. The zero-order valence-electron chi connectivity index (χ0n) is 15.4. The summed E-state index contributed by atoms with van der Waals surface area (Å²) in [6, 6.07) is 8.36. The molecule has 2 aromatic rings. The Bertz CT molecular complexity index is 859. The number of ether oxygens (including phenoxy) is 3. The van der Waals surface area contributed by atoms with E-state index in [-0.39, 0.29) is 24.1 Å². The Morgan fingerprint density at radius 1 is 1.26 bits per heavy atom. The van der Waals surface area contributed by atoms with Gasteiger partial charge in [-0.1, -0.05) is 0 Å². The summed E-state index contributed by atoms with van der Waals surface area (Å²) < 4.78 is 17.2. The molecule has 0 aliphatic carbocycles. The van der Waals surface area contributed by atoms with Gasteiger partial charge in [-0.05, 0) is 37.1 Å². The van der Waals surface area contributed by atoms with Crippen LogP contribution in [0.3, 0.4) is 0 Å². The average Bonchev–Trinajstić information content (AvgIpc) is 3.21. The number of nitrogens with one attached hydrogen (secondary N) is 1. The number of hydrogen-bond donors (Lipinski definition) is 1. The third-order valence-electron chi connectivity index (χ3n) is 4.39. The first kappa shape index (κ1) is 18.9. The molecule has 1 atom stereocenters. The monoisotopic (exact) mass is 373 g/mol. The highest BCUT2D eigenvalue weighted by atomic mass is 16.5. The van der Waals surface area contributed by atoms with Gasteiger partial charge >= 0.3 is 0 Å². The van der Waals surface area contributed by atoms with Gasteiger partial charge in [-0.3, -0.25) is 9.59 Å². The number of nitrogens with zero attached hydrogens (tertiary/aromatic N) is 2. The lowest BCUT2D eigenvalue weighted by Crippen LogP contribution is -2.37. The molecule has 1 aromatic carbocycles. The molecule has 0 radical (unpaired) electrons. The summed E-state index contributed by atoms with van der Waals surface area (Å²) in [5.74, 6) is 0.886. The first-order valence-electron chi connectivity index (χ1n) is 8.79. The van der Waals surface area contributed by atoms with E-state index in [0.29, 0.717) is 23.7 Å². The summed E-state index contributed by atoms with van der Waals surface area (Å²) in [5.41, 5.74) is 0.968. The molecule has 0 unspecified atom stereocenters. The minimum Gasteiger partial charge on any atom is -0.493 e. The maximum Gasteiger partial charge on any atom is 0.267 e. The quantitative estimate of drug-likeness (QED) is 0.785. The topological polar surface area (TPSA) is 91.7 Å². The molecule has 1 amide bonds. The van der Waals surface area contributed by atoms with E-state index in [1.54, 1.807) is 32.4 Å². The van der Waals surface area contributed by atoms with E-state index in [1.807, 2.05) is 6.07 Å². The average molecular weight is 373 g/mol. The van der Waals surface area contributed by atoms with Crippen LogP contribution in [0, 0.1) is 0 Å². The lowest BCUT2D eigenvalue weighted by atomic mass is 10.1. The molecule has 27 heavy (non-hydrogen) atoms. The van der Waals surface area contributed by atoms with Gasteiger partial charge in [0, 0.05) is 24.8 Å². The van der Waals surface area contributed by atoms with Crippen LogP contribution in [0.25, 0.3) is 11.3 Å². The molecule has 1 aliphatic heterocycles. The Hall–Kier alpha value is -2.87. The van der Waals surface area contributed by atoms with Gasteiger partial charge in [0.05, 0.1) is 26.0 Å². The zero-order chi connectivity index (χ0) is 19.2. The number of amides is 1. The van der Waals surface area contributed by atoms with Gasteiger partial charge in [-0.15, -0.1) is 0 Å². The number of rotatable bonds is 7. The maximum absolute atomic E-state index is 12.2. The molecule has 1 N–H and O–H groups in total. The first-order valence-corrected chi connectivity index (χ1v) is 8.79. The summed E-state index contributed by atoms with van der Waals surface area (Å²) in [6.45, 7) is 1.03. The summed E-state index contributed by atoms with van der Waals surface area (Å²) in [5, 5.41) is 7.10. The number of methoxy groups -OCH3 is 2. The van der Waals surface area contributed by atoms with Crippen molar-refractivity contribution < 1.29 is 19.0 Å². The molecule has 0 bridgehead atoms. The highest BCUT2D eigenvalue weighted by Gasteiger charge is 2.17. The van der Waals surface area contributed by atoms with Crippen LogP contribution in [-0.4, -0.2) is 49.2 Å². The predicted octanol–water partition coefficient (Wildman–Crippen LogP) is 1.22. The van der Waals surface area contributed by atoms with Crippen molar-refractivity contribution in [2.75, 3.05) is 27.4 Å². The van der Waals surface area contributed by atoms with Gasteiger partial charge in [0.1, 0.15) is 6.54 Å². The van der Waals surface area contributed by atoms with Crippen LogP contribution >= 0.6 is 0 Å². The minimum atomic E-state index is -0.341. The number of carbonyl (C=O) groups is 1. The molecule has 1 aliphatic rings. The number of carbonyl (C=O) groups excluding carboxylic acids is 1. The van der Waals surface area contributed by atoms with Crippen LogP contribution < -0.4 is 20.3 Å². The molecule has 8 heteroatoms. The lowest BCUT2D eigenvalue weighted by molar-refractivity contribution is -0.122. The Balaban J connectivity index is 1.74. The fraction of sp³-hybridized carbons (Fsp3) is 0.421. The molecule has 8 nitrogen and oxygen atoms in total. The number of benzene rings is 1. The molecule has 1 aromatic heterocycles. The Labute approximate surface area is 157 Å². The van der Waals surface area contributed by atoms with E-state index >= 15 is 0 Å². The SMILES string of the molecule is COc1ccc(-c2ccc(=O)n(CC(=O)NC[C@H]3CCCO3)n2)cc1OC. The Kier molecular flexibility index (Phi) is 6.08. The van der Waals surface area contributed by atoms with Gasteiger partial charge in [-0.25, -0.2) is 4.68 Å². The second kappa shape index (κ2) is 8.68. The van der Waals surface area contributed by atoms with E-state index in [9.17, 15) is 9.59 Å². The van der Waals surface area contributed by atoms with E-state index in [1.165, 1.54) is 6.07 Å². The van der Waals surface area contributed by atoms with Crippen molar-refractivity contribution in [3.05, 3.63) is 40.7 Å². The highest BCUT2D eigenvalue weighted by Crippen LogP contribution is 2.31. The van der Waals surface area contributed by atoms with E-state index in [4.69, 9.17) is 14.2 Å². The fourth-order valence-electron chi connectivity index (χ4n) is 2.94. The molecular weight excluding hydrogens is 350 g/mol. The second-order valence-corrected chi connectivity index (χ2v) is 6.22. The Morgan fingerprint density at radius 2 is 2.07 bits per heavy atom. The molecule has 2 heterocycles. The molecule has 3 rings (SSSR count). The summed E-state index contributed by atoms with van der Waals surface area (Å²) >= 11 is 0. The summed E-state index contributed by atoms with van der Waals surface area (Å²) in [4.78, 5) is 24.2. The fourth-order valence-corrected chi connectivity index (χ4v) is 2.94. The van der Waals surface area contributed by atoms with Crippen molar-refractivity contribution in [2.45, 2.75) is 25.5 Å². The maximum atomic E-state index is 12.2. The van der Waals surface area contributed by atoms with Crippen molar-refractivity contribution in [3.63, 3.8) is 0 Å². The van der Waals surface area contributed by atoms with Crippen LogP contribution in [0.15, 0.2) is 35.1 Å². The highest BCUT2D eigenvalue weighted by molar-refractivity contribution is 5.75. The normalized spacial score (nSPS) is 16.1. The van der Waals surface area contributed by atoms with Crippen molar-refractivity contribution in [1.29, 1.82) is 0 Å². The van der Waals surface area contributed by atoms with Crippen LogP contribution in [-0.2, 0) is 16.1 Å². The number of hydrogen-bond acceptors (Lipinski definition) is 6. The van der Waals surface area contributed by atoms with Crippen LogP contribution in [0.4, 0.5) is 0 Å².